The molecule has 4 nitrogen and oxygen atoms in total. The molecule has 2 aromatic rings. The first-order valence-corrected chi connectivity index (χ1v) is 8.11. The van der Waals surface area contributed by atoms with Gasteiger partial charge in [-0.25, -0.2) is 0 Å². The van der Waals surface area contributed by atoms with Crippen molar-refractivity contribution in [3.8, 4) is 0 Å². The van der Waals surface area contributed by atoms with Gasteiger partial charge in [0, 0.05) is 19.0 Å². The lowest BCUT2D eigenvalue weighted by Crippen LogP contribution is -2.34. The minimum Gasteiger partial charge on any atom is -0.390 e. The van der Waals surface area contributed by atoms with Crippen molar-refractivity contribution in [1.82, 2.24) is 4.90 Å². The molecule has 0 saturated carbocycles. The Bertz CT molecular complexity index is 694. The Balaban J connectivity index is 1.61. The average molecular weight is 314 g/mol. The van der Waals surface area contributed by atoms with Gasteiger partial charge >= 0.3 is 0 Å². The molecule has 0 spiro atoms. The first kappa shape index (κ1) is 14.8. The molecule has 1 aliphatic heterocycles. The summed E-state index contributed by atoms with van der Waals surface area (Å²) in [6.45, 7) is 2.60. The van der Waals surface area contributed by atoms with Crippen molar-refractivity contribution in [1.29, 1.82) is 0 Å². The minimum absolute atomic E-state index is 0.0305. The first-order valence-electron chi connectivity index (χ1n) is 7.23. The van der Waals surface area contributed by atoms with Crippen LogP contribution in [0.5, 0.6) is 0 Å². The summed E-state index contributed by atoms with van der Waals surface area (Å²) in [6.07, 6.45) is 0.649. The van der Waals surface area contributed by atoms with Crippen LogP contribution in [0.25, 0.3) is 0 Å². The Labute approximate surface area is 134 Å². The second-order valence-electron chi connectivity index (χ2n) is 5.45. The van der Waals surface area contributed by atoms with Gasteiger partial charge in [-0.2, -0.15) is 0 Å². The lowest BCUT2D eigenvalue weighted by molar-refractivity contribution is 0.0485. The van der Waals surface area contributed by atoms with Crippen LogP contribution in [0, 0.1) is 6.92 Å². The Kier molecular flexibility index (Phi) is 4.24. The van der Waals surface area contributed by atoms with Crippen molar-refractivity contribution < 1.29 is 9.63 Å². The number of carbonyl (C=O) groups excluding carboxylic acids is 1. The van der Waals surface area contributed by atoms with Crippen LogP contribution in [-0.4, -0.2) is 36.2 Å². The van der Waals surface area contributed by atoms with E-state index in [1.807, 2.05) is 29.6 Å². The number of benzene rings is 1. The average Bonchev–Trinajstić information content (AvgIpc) is 3.18. The molecule has 1 aliphatic rings. The van der Waals surface area contributed by atoms with E-state index < -0.39 is 0 Å². The molecule has 0 bridgehead atoms. The SMILES string of the molecule is Cc1ccccc1C1=NOC(CN(C)C(=O)c2cccs2)C1. The molecule has 0 radical (unpaired) electrons. The zero-order valence-electron chi connectivity index (χ0n) is 12.7. The van der Waals surface area contributed by atoms with Crippen LogP contribution in [0.15, 0.2) is 46.9 Å². The predicted molar refractivity (Wildman–Crippen MR) is 88.5 cm³/mol. The highest BCUT2D eigenvalue weighted by molar-refractivity contribution is 7.12. The van der Waals surface area contributed by atoms with Crippen molar-refractivity contribution >= 4 is 23.0 Å². The summed E-state index contributed by atoms with van der Waals surface area (Å²) in [6, 6.07) is 11.9. The summed E-state index contributed by atoms with van der Waals surface area (Å²) < 4.78 is 0. The summed E-state index contributed by atoms with van der Waals surface area (Å²) in [4.78, 5) is 20.2. The van der Waals surface area contributed by atoms with E-state index in [4.69, 9.17) is 4.84 Å². The van der Waals surface area contributed by atoms with Crippen molar-refractivity contribution in [2.45, 2.75) is 19.4 Å². The number of oxime groups is 1. The van der Waals surface area contributed by atoms with E-state index in [1.165, 1.54) is 16.9 Å². The molecule has 1 aromatic carbocycles. The van der Waals surface area contributed by atoms with Gasteiger partial charge in [0.25, 0.3) is 5.91 Å². The molecular formula is C17H18N2O2S. The summed E-state index contributed by atoms with van der Waals surface area (Å²) >= 11 is 1.46. The molecular weight excluding hydrogens is 296 g/mol. The molecule has 3 rings (SSSR count). The molecule has 22 heavy (non-hydrogen) atoms. The molecule has 1 unspecified atom stereocenters. The number of rotatable bonds is 4. The molecule has 0 aliphatic carbocycles. The summed E-state index contributed by atoms with van der Waals surface area (Å²) in [5.74, 6) is 0.0305. The first-order chi connectivity index (χ1) is 10.6. The van der Waals surface area contributed by atoms with E-state index in [2.05, 4.69) is 24.2 Å². The predicted octanol–water partition coefficient (Wildman–Crippen LogP) is 3.32. The van der Waals surface area contributed by atoms with E-state index in [0.29, 0.717) is 6.54 Å². The largest absolute Gasteiger partial charge is 0.390 e. The van der Waals surface area contributed by atoms with E-state index in [1.54, 1.807) is 11.9 Å². The molecule has 114 valence electrons. The summed E-state index contributed by atoms with van der Waals surface area (Å²) in [5.41, 5.74) is 3.27. The van der Waals surface area contributed by atoms with Gasteiger partial charge in [-0.05, 0) is 23.9 Å². The summed E-state index contributed by atoms with van der Waals surface area (Å²) in [5, 5.41) is 6.11. The normalized spacial score (nSPS) is 17.0. The van der Waals surface area contributed by atoms with Gasteiger partial charge in [-0.15, -0.1) is 11.3 Å². The topological polar surface area (TPSA) is 41.9 Å². The Morgan fingerprint density at radius 3 is 2.91 bits per heavy atom. The fourth-order valence-electron chi connectivity index (χ4n) is 2.56. The van der Waals surface area contributed by atoms with Crippen LogP contribution >= 0.6 is 11.3 Å². The van der Waals surface area contributed by atoms with Gasteiger partial charge in [0.05, 0.1) is 17.1 Å². The Hall–Kier alpha value is -2.14. The standard InChI is InChI=1S/C17H18N2O2S/c1-12-6-3-4-7-14(12)15-10-13(21-18-15)11-19(2)17(20)16-8-5-9-22-16/h3-9,13H,10-11H2,1-2H3. The number of aryl methyl sites for hydroxylation is 1. The number of amides is 1. The highest BCUT2D eigenvalue weighted by Crippen LogP contribution is 2.20. The van der Waals surface area contributed by atoms with E-state index in [0.717, 1.165) is 22.6 Å². The zero-order valence-corrected chi connectivity index (χ0v) is 13.5. The second-order valence-corrected chi connectivity index (χ2v) is 6.40. The third-order valence-corrected chi connectivity index (χ3v) is 4.60. The molecule has 1 amide bonds. The van der Waals surface area contributed by atoms with Gasteiger partial charge in [-0.3, -0.25) is 4.79 Å². The van der Waals surface area contributed by atoms with Gasteiger partial charge in [0.15, 0.2) is 6.10 Å². The molecule has 0 N–H and O–H groups in total. The number of thiophene rings is 1. The number of carbonyl (C=O) groups is 1. The Morgan fingerprint density at radius 1 is 1.36 bits per heavy atom. The molecule has 5 heteroatoms. The lowest BCUT2D eigenvalue weighted by Gasteiger charge is -2.19. The van der Waals surface area contributed by atoms with E-state index in [9.17, 15) is 4.79 Å². The molecule has 0 fully saturated rings. The second kappa shape index (κ2) is 6.32. The van der Waals surface area contributed by atoms with Crippen LogP contribution in [0.4, 0.5) is 0 Å². The maximum atomic E-state index is 12.2. The molecule has 1 atom stereocenters. The monoisotopic (exact) mass is 314 g/mol. The minimum atomic E-state index is -0.0801. The summed E-state index contributed by atoms with van der Waals surface area (Å²) in [7, 11) is 1.80. The van der Waals surface area contributed by atoms with E-state index >= 15 is 0 Å². The van der Waals surface area contributed by atoms with Crippen molar-refractivity contribution in [2.75, 3.05) is 13.6 Å². The van der Waals surface area contributed by atoms with Crippen LogP contribution < -0.4 is 0 Å². The van der Waals surface area contributed by atoms with Gasteiger partial charge in [0.2, 0.25) is 0 Å². The fourth-order valence-corrected chi connectivity index (χ4v) is 3.28. The van der Waals surface area contributed by atoms with Gasteiger partial charge in [-0.1, -0.05) is 35.5 Å². The van der Waals surface area contributed by atoms with Crippen molar-refractivity contribution in [3.05, 3.63) is 57.8 Å². The number of nitrogens with zero attached hydrogens (tertiary/aromatic N) is 2. The fraction of sp³-hybridized carbons (Fsp3) is 0.294. The molecule has 1 aromatic heterocycles. The maximum Gasteiger partial charge on any atom is 0.263 e. The molecule has 2 heterocycles. The van der Waals surface area contributed by atoms with Crippen LogP contribution in [0.2, 0.25) is 0 Å². The zero-order chi connectivity index (χ0) is 15.5. The van der Waals surface area contributed by atoms with Crippen molar-refractivity contribution in [2.24, 2.45) is 5.16 Å². The van der Waals surface area contributed by atoms with Gasteiger partial charge in [0.1, 0.15) is 0 Å². The van der Waals surface area contributed by atoms with Crippen LogP contribution in [-0.2, 0) is 4.84 Å². The quantitative estimate of drug-likeness (QED) is 0.869. The van der Waals surface area contributed by atoms with Gasteiger partial charge < -0.3 is 9.74 Å². The highest BCUT2D eigenvalue weighted by Gasteiger charge is 2.26. The van der Waals surface area contributed by atoms with Crippen LogP contribution in [0.3, 0.4) is 0 Å². The number of hydrogen-bond donors (Lipinski definition) is 0. The lowest BCUT2D eigenvalue weighted by atomic mass is 10.0. The number of hydrogen-bond acceptors (Lipinski definition) is 4. The van der Waals surface area contributed by atoms with Crippen LogP contribution in [0.1, 0.15) is 27.2 Å². The molecule has 0 saturated heterocycles. The number of likely N-dealkylation sites (N-methyl/N-ethyl adjacent to an activating group) is 1. The van der Waals surface area contributed by atoms with Crippen molar-refractivity contribution in [3.63, 3.8) is 0 Å². The Morgan fingerprint density at radius 2 is 2.18 bits per heavy atom. The maximum absolute atomic E-state index is 12.2. The smallest absolute Gasteiger partial charge is 0.263 e. The third-order valence-electron chi connectivity index (χ3n) is 3.75. The third kappa shape index (κ3) is 3.04. The highest BCUT2D eigenvalue weighted by atomic mass is 32.1. The van der Waals surface area contributed by atoms with E-state index in [-0.39, 0.29) is 12.0 Å².